The van der Waals surface area contributed by atoms with E-state index in [0.29, 0.717) is 29.4 Å². The molecule has 10 heteroatoms. The average molecular weight is 495 g/mol. The van der Waals surface area contributed by atoms with Crippen molar-refractivity contribution in [3.05, 3.63) is 72.3 Å². The third-order valence-corrected chi connectivity index (χ3v) is 5.54. The summed E-state index contributed by atoms with van der Waals surface area (Å²) in [6.07, 6.45) is 0.839. The maximum absolute atomic E-state index is 12.2. The first kappa shape index (κ1) is 24.1. The zero-order valence-corrected chi connectivity index (χ0v) is 19.5. The number of rotatable bonds is 10. The molecule has 35 heavy (non-hydrogen) atoms. The summed E-state index contributed by atoms with van der Waals surface area (Å²) in [4.78, 5) is 12.2. The first-order valence-corrected chi connectivity index (χ1v) is 11.5. The van der Waals surface area contributed by atoms with Gasteiger partial charge in [-0.05, 0) is 66.6 Å². The summed E-state index contributed by atoms with van der Waals surface area (Å²) in [5.74, 6) is 0.757. The van der Waals surface area contributed by atoms with Gasteiger partial charge in [0.15, 0.2) is 11.5 Å². The van der Waals surface area contributed by atoms with Gasteiger partial charge in [0, 0.05) is 12.7 Å². The molecule has 1 aromatic heterocycles. The molecule has 4 rings (SSSR count). The van der Waals surface area contributed by atoms with Gasteiger partial charge in [-0.15, -0.1) is 10.2 Å². The number of phenolic OH excluding ortho intramolecular Hbond substituents is 2. The minimum Gasteiger partial charge on any atom is -0.504 e. The number of carbonyl (C=O) groups excluding carboxylic acids is 1. The van der Waals surface area contributed by atoms with Gasteiger partial charge in [-0.25, -0.2) is 0 Å². The van der Waals surface area contributed by atoms with Crippen LogP contribution in [0.5, 0.6) is 28.7 Å². The molecular weight excluding hydrogens is 472 g/mol. The fourth-order valence-corrected chi connectivity index (χ4v) is 3.52. The van der Waals surface area contributed by atoms with E-state index in [0.717, 1.165) is 23.7 Å². The van der Waals surface area contributed by atoms with Crippen molar-refractivity contribution in [2.24, 2.45) is 0 Å². The summed E-state index contributed by atoms with van der Waals surface area (Å²) < 4.78 is 21.7. The molecule has 0 saturated heterocycles. The summed E-state index contributed by atoms with van der Waals surface area (Å²) in [6.45, 7) is 0.667. The van der Waals surface area contributed by atoms with E-state index in [1.165, 1.54) is 18.2 Å². The highest BCUT2D eigenvalue weighted by Crippen LogP contribution is 2.31. The van der Waals surface area contributed by atoms with E-state index >= 15 is 0 Å². The Bertz CT molecular complexity index is 1270. The molecule has 0 saturated carbocycles. The van der Waals surface area contributed by atoms with Crippen LogP contribution in [0.25, 0.3) is 11.5 Å². The number of hydrogen-bond acceptors (Lipinski definition) is 10. The molecule has 0 spiro atoms. The maximum Gasteiger partial charge on any atom is 0.321 e. The van der Waals surface area contributed by atoms with E-state index in [1.807, 2.05) is 24.3 Å². The van der Waals surface area contributed by atoms with Crippen molar-refractivity contribution in [1.29, 1.82) is 0 Å². The standard InChI is InChI=1S/C25H22N2O7S/c1-31-13-12-16-2-5-18(6-3-16)32-19-7-9-20(10-8-19)33-23(30)15-35-25-27-26-24(34-25)17-4-11-21(28)22(29)14-17/h2-11,14,28-29H,12-13,15H2,1H3. The Morgan fingerprint density at radius 1 is 0.914 bits per heavy atom. The van der Waals surface area contributed by atoms with Gasteiger partial charge in [-0.3, -0.25) is 4.79 Å². The average Bonchev–Trinajstić information content (AvgIpc) is 3.34. The number of phenols is 2. The van der Waals surface area contributed by atoms with E-state index in [1.54, 1.807) is 31.4 Å². The van der Waals surface area contributed by atoms with Crippen molar-refractivity contribution < 1.29 is 33.6 Å². The summed E-state index contributed by atoms with van der Waals surface area (Å²) >= 11 is 1.02. The predicted molar refractivity (Wildman–Crippen MR) is 128 cm³/mol. The van der Waals surface area contributed by atoms with Crippen molar-refractivity contribution in [3.8, 4) is 40.2 Å². The minimum absolute atomic E-state index is 0.0455. The second kappa shape index (κ2) is 11.4. The molecule has 9 nitrogen and oxygen atoms in total. The van der Waals surface area contributed by atoms with E-state index in [9.17, 15) is 15.0 Å². The predicted octanol–water partition coefficient (Wildman–Crippen LogP) is 4.83. The van der Waals surface area contributed by atoms with E-state index < -0.39 is 5.97 Å². The molecule has 1 heterocycles. The van der Waals surface area contributed by atoms with Crippen LogP contribution in [0.1, 0.15) is 5.56 Å². The number of carbonyl (C=O) groups is 1. The lowest BCUT2D eigenvalue weighted by molar-refractivity contribution is -0.131. The molecule has 0 aliphatic heterocycles. The van der Waals surface area contributed by atoms with Gasteiger partial charge in [0.1, 0.15) is 23.0 Å². The second-order valence-electron chi connectivity index (χ2n) is 7.30. The summed E-state index contributed by atoms with van der Waals surface area (Å²) in [5.41, 5.74) is 1.60. The lowest BCUT2D eigenvalue weighted by Crippen LogP contribution is -2.10. The Balaban J connectivity index is 1.26. The first-order chi connectivity index (χ1) is 17.0. The van der Waals surface area contributed by atoms with Crippen molar-refractivity contribution in [3.63, 3.8) is 0 Å². The fraction of sp³-hybridized carbons (Fsp3) is 0.160. The Kier molecular flexibility index (Phi) is 7.86. The lowest BCUT2D eigenvalue weighted by atomic mass is 10.1. The number of benzene rings is 3. The highest BCUT2D eigenvalue weighted by molar-refractivity contribution is 7.99. The Morgan fingerprint density at radius 3 is 2.29 bits per heavy atom. The normalized spacial score (nSPS) is 10.8. The summed E-state index contributed by atoms with van der Waals surface area (Å²) in [7, 11) is 1.68. The molecule has 0 amide bonds. The summed E-state index contributed by atoms with van der Waals surface area (Å²) in [5, 5.41) is 26.9. The third kappa shape index (κ3) is 6.75. The SMILES string of the molecule is COCCc1ccc(Oc2ccc(OC(=O)CSc3nnc(-c4ccc(O)c(O)c4)o3)cc2)cc1. The Hall–Kier alpha value is -4.02. The number of aromatic nitrogens is 2. The molecule has 4 aromatic rings. The zero-order chi connectivity index (χ0) is 24.6. The van der Waals surface area contributed by atoms with Gasteiger partial charge < -0.3 is 28.8 Å². The Labute approximate surface area is 205 Å². The fourth-order valence-electron chi connectivity index (χ4n) is 2.98. The number of esters is 1. The number of hydrogen-bond donors (Lipinski definition) is 2. The highest BCUT2D eigenvalue weighted by Gasteiger charge is 2.14. The second-order valence-corrected chi connectivity index (χ2v) is 8.23. The molecule has 0 bridgehead atoms. The molecule has 0 aliphatic carbocycles. The Morgan fingerprint density at radius 2 is 1.60 bits per heavy atom. The summed E-state index contributed by atoms with van der Waals surface area (Å²) in [6, 6.07) is 18.6. The molecule has 0 aliphatic rings. The van der Waals surface area contributed by atoms with Crippen LogP contribution < -0.4 is 9.47 Å². The quantitative estimate of drug-likeness (QED) is 0.137. The molecule has 180 valence electrons. The van der Waals surface area contributed by atoms with Gasteiger partial charge in [-0.1, -0.05) is 23.9 Å². The van der Waals surface area contributed by atoms with Crippen LogP contribution in [-0.4, -0.2) is 45.8 Å². The van der Waals surface area contributed by atoms with E-state index in [2.05, 4.69) is 10.2 Å². The van der Waals surface area contributed by atoms with Crippen LogP contribution in [0.4, 0.5) is 0 Å². The lowest BCUT2D eigenvalue weighted by Gasteiger charge is -2.08. The van der Waals surface area contributed by atoms with Crippen LogP contribution in [-0.2, 0) is 16.0 Å². The molecule has 3 aromatic carbocycles. The van der Waals surface area contributed by atoms with Gasteiger partial charge in [0.2, 0.25) is 5.89 Å². The number of nitrogens with zero attached hydrogens (tertiary/aromatic N) is 2. The third-order valence-electron chi connectivity index (χ3n) is 4.75. The monoisotopic (exact) mass is 494 g/mol. The highest BCUT2D eigenvalue weighted by atomic mass is 32.2. The maximum atomic E-state index is 12.2. The molecule has 0 radical (unpaired) electrons. The molecule has 0 atom stereocenters. The van der Waals surface area contributed by atoms with Crippen molar-refractivity contribution in [2.75, 3.05) is 19.5 Å². The van der Waals surface area contributed by atoms with Crippen molar-refractivity contribution in [2.45, 2.75) is 11.6 Å². The first-order valence-electron chi connectivity index (χ1n) is 10.6. The molecule has 2 N–H and O–H groups in total. The molecule has 0 fully saturated rings. The van der Waals surface area contributed by atoms with Crippen LogP contribution in [0.3, 0.4) is 0 Å². The number of methoxy groups -OCH3 is 1. The van der Waals surface area contributed by atoms with Crippen molar-refractivity contribution >= 4 is 17.7 Å². The number of aromatic hydroxyl groups is 2. The van der Waals surface area contributed by atoms with Gasteiger partial charge in [-0.2, -0.15) is 0 Å². The minimum atomic E-state index is -0.489. The molecular formula is C25H22N2O7S. The van der Waals surface area contributed by atoms with Gasteiger partial charge >= 0.3 is 5.97 Å². The van der Waals surface area contributed by atoms with E-state index in [4.69, 9.17) is 18.6 Å². The van der Waals surface area contributed by atoms with Gasteiger partial charge in [0.25, 0.3) is 5.22 Å². The smallest absolute Gasteiger partial charge is 0.321 e. The van der Waals surface area contributed by atoms with Crippen molar-refractivity contribution in [1.82, 2.24) is 10.2 Å². The zero-order valence-electron chi connectivity index (χ0n) is 18.7. The number of ether oxygens (including phenoxy) is 3. The largest absolute Gasteiger partial charge is 0.504 e. The molecule has 0 unspecified atom stereocenters. The number of thioether (sulfide) groups is 1. The van der Waals surface area contributed by atoms with Crippen LogP contribution >= 0.6 is 11.8 Å². The van der Waals surface area contributed by atoms with Gasteiger partial charge in [0.05, 0.1) is 6.61 Å². The van der Waals surface area contributed by atoms with Crippen LogP contribution in [0.15, 0.2) is 76.4 Å². The van der Waals surface area contributed by atoms with E-state index in [-0.39, 0.29) is 28.4 Å². The van der Waals surface area contributed by atoms with Crippen LogP contribution in [0.2, 0.25) is 0 Å². The topological polar surface area (TPSA) is 124 Å². The van der Waals surface area contributed by atoms with Crippen LogP contribution in [0, 0.1) is 0 Å².